The molecule has 0 saturated carbocycles. The van der Waals surface area contributed by atoms with Crippen LogP contribution in [0.4, 0.5) is 0 Å². The van der Waals surface area contributed by atoms with Crippen LogP contribution in [0.3, 0.4) is 0 Å². The highest BCUT2D eigenvalue weighted by Gasteiger charge is 2.32. The van der Waals surface area contributed by atoms with Gasteiger partial charge in [-0.05, 0) is 18.3 Å². The van der Waals surface area contributed by atoms with E-state index in [9.17, 15) is 33.9 Å². The molecule has 0 aliphatic heterocycles. The van der Waals surface area contributed by atoms with E-state index < -0.39 is 78.5 Å². The molecule has 0 aromatic rings. The summed E-state index contributed by atoms with van der Waals surface area (Å²) in [6.07, 6.45) is -1.47. The first-order valence-electron chi connectivity index (χ1n) is 10.1. The number of carboxylic acid groups (broad SMARTS) is 2. The van der Waals surface area contributed by atoms with Crippen molar-refractivity contribution in [3.05, 3.63) is 0 Å². The number of hydrogen-bond donors (Lipinski definition) is 7. The SMILES string of the molecule is CC(C)C(N)C(=O)NC(CC(N)=O)C(=O)NC(CCC(=O)O)C(=O)NC(C(=O)O)C(C)C. The summed E-state index contributed by atoms with van der Waals surface area (Å²) in [5.41, 5.74) is 10.9. The summed E-state index contributed by atoms with van der Waals surface area (Å²) in [5.74, 6) is -6.87. The normalized spacial score (nSPS) is 14.7. The third-order valence-electron chi connectivity index (χ3n) is 4.57. The summed E-state index contributed by atoms with van der Waals surface area (Å²) >= 11 is 0. The zero-order valence-corrected chi connectivity index (χ0v) is 18.6. The van der Waals surface area contributed by atoms with Gasteiger partial charge in [0.25, 0.3) is 0 Å². The number of rotatable bonds is 14. The Morgan fingerprint density at radius 1 is 0.781 bits per heavy atom. The molecule has 0 aromatic carbocycles. The topological polar surface area (TPSA) is 231 Å². The average Bonchev–Trinajstić information content (AvgIpc) is 2.66. The summed E-state index contributed by atoms with van der Waals surface area (Å²) in [6, 6.07) is -5.17. The molecule has 0 spiro atoms. The van der Waals surface area contributed by atoms with Gasteiger partial charge in [-0.1, -0.05) is 27.7 Å². The van der Waals surface area contributed by atoms with E-state index in [1.54, 1.807) is 27.7 Å². The molecule has 0 aromatic heterocycles. The van der Waals surface area contributed by atoms with Gasteiger partial charge in [0.2, 0.25) is 23.6 Å². The van der Waals surface area contributed by atoms with Gasteiger partial charge in [-0.3, -0.25) is 24.0 Å². The first kappa shape index (κ1) is 28.8. The number of nitrogens with two attached hydrogens (primary N) is 2. The maximum atomic E-state index is 12.7. The van der Waals surface area contributed by atoms with Gasteiger partial charge in [-0.2, -0.15) is 0 Å². The third-order valence-corrected chi connectivity index (χ3v) is 4.57. The van der Waals surface area contributed by atoms with E-state index in [4.69, 9.17) is 16.6 Å². The lowest BCUT2D eigenvalue weighted by molar-refractivity contribution is -0.144. The molecule has 0 rings (SSSR count). The van der Waals surface area contributed by atoms with Crippen LogP contribution in [0.25, 0.3) is 0 Å². The highest BCUT2D eigenvalue weighted by Crippen LogP contribution is 2.06. The lowest BCUT2D eigenvalue weighted by Crippen LogP contribution is -2.58. The molecule has 0 bridgehead atoms. The molecule has 0 aliphatic rings. The van der Waals surface area contributed by atoms with Crippen LogP contribution in [0.15, 0.2) is 0 Å². The molecular weight excluding hydrogens is 426 g/mol. The van der Waals surface area contributed by atoms with Crippen LogP contribution in [0, 0.1) is 11.8 Å². The standard InChI is InChI=1S/C19H33N5O8/c1-8(2)14(21)18(30)23-11(7-12(20)25)17(29)22-10(5-6-13(26)27)16(28)24-15(9(3)4)19(31)32/h8-11,14-15H,5-7,21H2,1-4H3,(H2,20,25)(H,22,29)(H,23,30)(H,24,28)(H,26,27)(H,31,32). The molecule has 4 unspecified atom stereocenters. The second-order valence-electron chi connectivity index (χ2n) is 8.06. The monoisotopic (exact) mass is 459 g/mol. The average molecular weight is 460 g/mol. The number of primary amides is 1. The second kappa shape index (κ2) is 13.2. The Bertz CT molecular complexity index is 725. The van der Waals surface area contributed by atoms with Crippen molar-refractivity contribution in [3.8, 4) is 0 Å². The van der Waals surface area contributed by atoms with Crippen molar-refractivity contribution in [2.45, 2.75) is 71.1 Å². The van der Waals surface area contributed by atoms with E-state index in [-0.39, 0.29) is 12.3 Å². The van der Waals surface area contributed by atoms with E-state index in [0.717, 1.165) is 0 Å². The highest BCUT2D eigenvalue weighted by molar-refractivity contribution is 5.96. The summed E-state index contributed by atoms with van der Waals surface area (Å²) < 4.78 is 0. The molecule has 182 valence electrons. The van der Waals surface area contributed by atoms with Gasteiger partial charge in [0.05, 0.1) is 12.5 Å². The number of carbonyl (C=O) groups excluding carboxylic acids is 4. The Labute approximate surface area is 185 Å². The molecule has 0 saturated heterocycles. The lowest BCUT2D eigenvalue weighted by atomic mass is 10.0. The van der Waals surface area contributed by atoms with Crippen LogP contribution < -0.4 is 27.4 Å². The Hall–Kier alpha value is -3.22. The number of hydrogen-bond acceptors (Lipinski definition) is 7. The molecule has 0 radical (unpaired) electrons. The van der Waals surface area contributed by atoms with E-state index in [0.29, 0.717) is 0 Å². The number of carbonyl (C=O) groups is 6. The smallest absolute Gasteiger partial charge is 0.326 e. The second-order valence-corrected chi connectivity index (χ2v) is 8.06. The number of amides is 4. The first-order valence-corrected chi connectivity index (χ1v) is 10.1. The number of aliphatic carboxylic acids is 2. The van der Waals surface area contributed by atoms with Gasteiger partial charge in [0, 0.05) is 6.42 Å². The Morgan fingerprint density at radius 2 is 1.28 bits per heavy atom. The van der Waals surface area contributed by atoms with Crippen molar-refractivity contribution in [3.63, 3.8) is 0 Å². The molecule has 13 nitrogen and oxygen atoms in total. The van der Waals surface area contributed by atoms with Crippen LogP contribution in [0.2, 0.25) is 0 Å². The van der Waals surface area contributed by atoms with E-state index >= 15 is 0 Å². The number of carboxylic acids is 2. The Kier molecular flexibility index (Phi) is 11.9. The van der Waals surface area contributed by atoms with Crippen molar-refractivity contribution >= 4 is 35.6 Å². The minimum atomic E-state index is -1.47. The zero-order valence-electron chi connectivity index (χ0n) is 18.6. The van der Waals surface area contributed by atoms with Crippen LogP contribution in [0.1, 0.15) is 47.0 Å². The van der Waals surface area contributed by atoms with Crippen LogP contribution >= 0.6 is 0 Å². The van der Waals surface area contributed by atoms with Gasteiger partial charge in [0.15, 0.2) is 0 Å². The molecule has 13 heteroatoms. The first-order chi connectivity index (χ1) is 14.7. The predicted octanol–water partition coefficient (Wildman–Crippen LogP) is -2.10. The van der Waals surface area contributed by atoms with Gasteiger partial charge >= 0.3 is 11.9 Å². The van der Waals surface area contributed by atoms with Gasteiger partial charge in [-0.25, -0.2) is 4.79 Å². The fourth-order valence-electron chi connectivity index (χ4n) is 2.56. The van der Waals surface area contributed by atoms with E-state index in [2.05, 4.69) is 16.0 Å². The lowest BCUT2D eigenvalue weighted by Gasteiger charge is -2.26. The minimum absolute atomic E-state index is 0.273. The van der Waals surface area contributed by atoms with E-state index in [1.165, 1.54) is 0 Å². The maximum absolute atomic E-state index is 12.7. The molecular formula is C19H33N5O8. The molecule has 9 N–H and O–H groups in total. The predicted molar refractivity (Wildman–Crippen MR) is 112 cm³/mol. The van der Waals surface area contributed by atoms with Crippen LogP contribution in [-0.4, -0.2) is 69.9 Å². The fourth-order valence-corrected chi connectivity index (χ4v) is 2.56. The summed E-state index contributed by atoms with van der Waals surface area (Å²) in [5, 5.41) is 25.0. The van der Waals surface area contributed by atoms with Crippen molar-refractivity contribution in [2.75, 3.05) is 0 Å². The maximum Gasteiger partial charge on any atom is 0.326 e. The van der Waals surface area contributed by atoms with Crippen molar-refractivity contribution < 1.29 is 39.0 Å². The molecule has 0 heterocycles. The third kappa shape index (κ3) is 10.2. The van der Waals surface area contributed by atoms with Crippen LogP contribution in [0.5, 0.6) is 0 Å². The van der Waals surface area contributed by atoms with Gasteiger partial charge < -0.3 is 37.6 Å². The van der Waals surface area contributed by atoms with E-state index in [1.807, 2.05) is 0 Å². The summed E-state index contributed by atoms with van der Waals surface area (Å²) in [7, 11) is 0. The molecule has 4 amide bonds. The van der Waals surface area contributed by atoms with Gasteiger partial charge in [0.1, 0.15) is 18.1 Å². The number of nitrogens with one attached hydrogen (secondary N) is 3. The molecule has 4 atom stereocenters. The zero-order chi connectivity index (χ0) is 25.2. The minimum Gasteiger partial charge on any atom is -0.481 e. The molecule has 0 aliphatic carbocycles. The van der Waals surface area contributed by atoms with Crippen LogP contribution in [-0.2, 0) is 28.8 Å². The summed E-state index contributed by atoms with van der Waals surface area (Å²) in [6.45, 7) is 6.46. The quantitative estimate of drug-likeness (QED) is 0.151. The van der Waals surface area contributed by atoms with Gasteiger partial charge in [-0.15, -0.1) is 0 Å². The summed E-state index contributed by atoms with van der Waals surface area (Å²) in [4.78, 5) is 71.2. The fraction of sp³-hybridized carbons (Fsp3) is 0.684. The highest BCUT2D eigenvalue weighted by atomic mass is 16.4. The largest absolute Gasteiger partial charge is 0.481 e. The molecule has 0 fully saturated rings. The van der Waals surface area contributed by atoms with Crippen molar-refractivity contribution in [1.82, 2.24) is 16.0 Å². The van der Waals surface area contributed by atoms with Crippen molar-refractivity contribution in [1.29, 1.82) is 0 Å². The van der Waals surface area contributed by atoms with Crippen molar-refractivity contribution in [2.24, 2.45) is 23.3 Å². The molecule has 32 heavy (non-hydrogen) atoms. The Morgan fingerprint density at radius 3 is 1.69 bits per heavy atom. The Balaban J connectivity index is 5.60.